The molecule has 0 nitrogen and oxygen atoms in total. The van der Waals surface area contributed by atoms with E-state index in [1.807, 2.05) is 12.2 Å². The predicted octanol–water partition coefficient (Wildman–Crippen LogP) is 7.26. The van der Waals surface area contributed by atoms with Crippen LogP contribution >= 0.6 is 0 Å². The van der Waals surface area contributed by atoms with Crippen LogP contribution in [0.25, 0.3) is 0 Å². The molecule has 27 heavy (non-hydrogen) atoms. The van der Waals surface area contributed by atoms with Crippen molar-refractivity contribution in [3.05, 3.63) is 36.5 Å². The van der Waals surface area contributed by atoms with Crippen LogP contribution in [0, 0.1) is 0 Å². The van der Waals surface area contributed by atoms with Crippen molar-refractivity contribution in [2.75, 3.05) is 0 Å². The van der Waals surface area contributed by atoms with Gasteiger partial charge in [0.15, 0.2) is 0 Å². The standard InChI is InChI=1S/C7H8.4BF4/c1-2-4-6-7-5-3-1;4*2-1(3,4)5/h1-6H,7H2;;;;/q;4*-1. The molecule has 1 aliphatic carbocycles. The lowest BCUT2D eigenvalue weighted by Crippen LogP contribution is -2.02. The molecule has 0 fully saturated rings. The average molecular weight is 439 g/mol. The second-order valence-corrected chi connectivity index (χ2v) is 3.46. The molecule has 20 heteroatoms. The van der Waals surface area contributed by atoms with Gasteiger partial charge < -0.3 is 69.1 Å². The van der Waals surface area contributed by atoms with Gasteiger partial charge in [-0.15, -0.1) is 0 Å². The SMILES string of the molecule is C1=CC=CCC=C1.F[B-](F)(F)F.F[B-](F)(F)F.F[B-](F)(F)F.F[B-](F)(F)F. The molecule has 0 N–H and O–H groups in total. The highest BCUT2D eigenvalue weighted by Crippen LogP contribution is 2.08. The van der Waals surface area contributed by atoms with Crippen LogP contribution in [0.3, 0.4) is 0 Å². The van der Waals surface area contributed by atoms with Crippen molar-refractivity contribution in [2.45, 2.75) is 6.42 Å². The topological polar surface area (TPSA) is 0 Å². The molecule has 0 heterocycles. The summed E-state index contributed by atoms with van der Waals surface area (Å²) in [6, 6.07) is 0. The van der Waals surface area contributed by atoms with Crippen molar-refractivity contribution in [3.63, 3.8) is 0 Å². The summed E-state index contributed by atoms with van der Waals surface area (Å²) in [4.78, 5) is 0. The molecule has 0 amide bonds. The maximum absolute atomic E-state index is 9.75. The molecular weight excluding hydrogens is 431 g/mol. The van der Waals surface area contributed by atoms with Gasteiger partial charge in [-0.3, -0.25) is 0 Å². The molecule has 0 atom stereocenters. The van der Waals surface area contributed by atoms with Crippen LogP contribution < -0.4 is 0 Å². The first-order chi connectivity index (χ1) is 11.5. The summed E-state index contributed by atoms with van der Waals surface area (Å²) in [6.07, 6.45) is 13.5. The zero-order valence-corrected chi connectivity index (χ0v) is 12.5. The first-order valence-corrected chi connectivity index (χ1v) is 5.97. The van der Waals surface area contributed by atoms with Crippen LogP contribution in [-0.4, -0.2) is 29.0 Å². The minimum atomic E-state index is -6.00. The molecule has 0 aromatic rings. The number of hydrogen-bond donors (Lipinski definition) is 0. The van der Waals surface area contributed by atoms with E-state index in [0.29, 0.717) is 0 Å². The maximum atomic E-state index is 9.75. The molecule has 0 saturated carbocycles. The number of allylic oxidation sites excluding steroid dienone is 6. The van der Waals surface area contributed by atoms with E-state index in [0.717, 1.165) is 6.42 Å². The fourth-order valence-corrected chi connectivity index (χ4v) is 0.521. The Morgan fingerprint density at radius 2 is 0.481 bits per heavy atom. The van der Waals surface area contributed by atoms with Gasteiger partial charge in [-0.25, -0.2) is 0 Å². The zero-order chi connectivity index (χ0) is 22.9. The molecule has 164 valence electrons. The Bertz CT molecular complexity index is 326. The number of rotatable bonds is 0. The van der Waals surface area contributed by atoms with Crippen molar-refractivity contribution < 1.29 is 69.1 Å². The largest absolute Gasteiger partial charge is 0.673 e. The molecule has 0 aliphatic heterocycles. The molecule has 1 aliphatic rings. The van der Waals surface area contributed by atoms with Crippen LogP contribution in [0.1, 0.15) is 6.42 Å². The van der Waals surface area contributed by atoms with Gasteiger partial charge in [0, 0.05) is 0 Å². The summed E-state index contributed by atoms with van der Waals surface area (Å²) in [7, 11) is -24.0. The lowest BCUT2D eigenvalue weighted by atomic mass is 10.3. The molecule has 0 bridgehead atoms. The Kier molecular flexibility index (Phi) is 18.8. The Morgan fingerprint density at radius 1 is 0.333 bits per heavy atom. The highest BCUT2D eigenvalue weighted by Gasteiger charge is 2.21. The summed E-state index contributed by atoms with van der Waals surface area (Å²) in [5, 5.41) is 0. The summed E-state index contributed by atoms with van der Waals surface area (Å²) >= 11 is 0. The number of hydrogen-bond acceptors (Lipinski definition) is 0. The van der Waals surface area contributed by atoms with E-state index in [4.69, 9.17) is 0 Å². The first-order valence-electron chi connectivity index (χ1n) is 5.97. The van der Waals surface area contributed by atoms with Crippen molar-refractivity contribution in [1.82, 2.24) is 0 Å². The third-order valence-electron chi connectivity index (χ3n) is 0.878. The second kappa shape index (κ2) is 15.4. The van der Waals surface area contributed by atoms with Crippen LogP contribution in [-0.2, 0) is 0 Å². The Hall–Kier alpha value is -1.64. The molecule has 1 rings (SSSR count). The van der Waals surface area contributed by atoms with E-state index in [9.17, 15) is 69.1 Å². The van der Waals surface area contributed by atoms with E-state index < -0.39 is 29.0 Å². The van der Waals surface area contributed by atoms with Crippen LogP contribution in [0.15, 0.2) is 36.5 Å². The van der Waals surface area contributed by atoms with Crippen molar-refractivity contribution >= 4 is 29.0 Å². The average Bonchev–Trinajstić information content (AvgIpc) is 2.49. The fourth-order valence-electron chi connectivity index (χ4n) is 0.521. The van der Waals surface area contributed by atoms with Gasteiger partial charge in [-0.2, -0.15) is 0 Å². The molecule has 0 unspecified atom stereocenters. The Morgan fingerprint density at radius 3 is 0.630 bits per heavy atom. The minimum absolute atomic E-state index is 1.08. The summed E-state index contributed by atoms with van der Waals surface area (Å²) < 4.78 is 156. The summed E-state index contributed by atoms with van der Waals surface area (Å²) in [6.45, 7) is 0. The molecular formula is C7H8B4F16-4. The molecule has 0 aromatic heterocycles. The van der Waals surface area contributed by atoms with Gasteiger partial charge in [-0.1, -0.05) is 36.5 Å². The van der Waals surface area contributed by atoms with E-state index in [1.165, 1.54) is 0 Å². The lowest BCUT2D eigenvalue weighted by molar-refractivity contribution is 0.366. The highest BCUT2D eigenvalue weighted by molar-refractivity contribution is 6.50. The maximum Gasteiger partial charge on any atom is 0.673 e. The predicted molar refractivity (Wildman–Crippen MR) is 72.8 cm³/mol. The Balaban J connectivity index is -0.000000124. The quantitative estimate of drug-likeness (QED) is 0.275. The molecule has 0 saturated heterocycles. The van der Waals surface area contributed by atoms with Crippen molar-refractivity contribution in [2.24, 2.45) is 0 Å². The lowest BCUT2D eigenvalue weighted by Gasteiger charge is -1.94. The van der Waals surface area contributed by atoms with Crippen molar-refractivity contribution in [3.8, 4) is 0 Å². The van der Waals surface area contributed by atoms with Crippen LogP contribution in [0.4, 0.5) is 69.1 Å². The molecule has 0 spiro atoms. The smallest absolute Gasteiger partial charge is 0.418 e. The molecule has 0 radical (unpaired) electrons. The number of halogens is 16. The van der Waals surface area contributed by atoms with Gasteiger partial charge in [0.2, 0.25) is 0 Å². The first kappa shape index (κ1) is 33.0. The van der Waals surface area contributed by atoms with Gasteiger partial charge >= 0.3 is 29.0 Å². The van der Waals surface area contributed by atoms with E-state index >= 15 is 0 Å². The Labute approximate surface area is 142 Å². The van der Waals surface area contributed by atoms with Crippen LogP contribution in [0.2, 0.25) is 0 Å². The zero-order valence-electron chi connectivity index (χ0n) is 12.5. The third kappa shape index (κ3) is 424. The summed E-state index contributed by atoms with van der Waals surface area (Å²) in [5.41, 5.74) is 0. The third-order valence-corrected chi connectivity index (χ3v) is 0.878. The molecule has 0 aromatic carbocycles. The fraction of sp³-hybridized carbons (Fsp3) is 0.143. The minimum Gasteiger partial charge on any atom is -0.418 e. The summed E-state index contributed by atoms with van der Waals surface area (Å²) in [5.74, 6) is 0. The van der Waals surface area contributed by atoms with Crippen LogP contribution in [0.5, 0.6) is 0 Å². The van der Waals surface area contributed by atoms with Gasteiger partial charge in [0.25, 0.3) is 0 Å². The van der Waals surface area contributed by atoms with Gasteiger partial charge in [-0.05, 0) is 6.42 Å². The monoisotopic (exact) mass is 440 g/mol. The van der Waals surface area contributed by atoms with Gasteiger partial charge in [0.1, 0.15) is 0 Å². The van der Waals surface area contributed by atoms with E-state index in [1.54, 1.807) is 0 Å². The van der Waals surface area contributed by atoms with Crippen molar-refractivity contribution in [1.29, 1.82) is 0 Å². The van der Waals surface area contributed by atoms with E-state index in [2.05, 4.69) is 24.3 Å². The normalized spacial score (nSPS) is 13.3. The highest BCUT2D eigenvalue weighted by atomic mass is 19.5. The second-order valence-electron chi connectivity index (χ2n) is 3.46. The van der Waals surface area contributed by atoms with Gasteiger partial charge in [0.05, 0.1) is 0 Å². The van der Waals surface area contributed by atoms with E-state index in [-0.39, 0.29) is 0 Å².